The number of alkyl halides is 4. The highest BCUT2D eigenvalue weighted by Crippen LogP contribution is 2.26. The van der Waals surface area contributed by atoms with Crippen LogP contribution in [0.15, 0.2) is 35.0 Å². The molecule has 27 heavy (non-hydrogen) atoms. The molecule has 0 fully saturated rings. The van der Waals surface area contributed by atoms with Crippen molar-refractivity contribution in [2.24, 2.45) is 7.05 Å². The molecule has 0 saturated carbocycles. The van der Waals surface area contributed by atoms with Crippen LogP contribution in [0.2, 0.25) is 0 Å². The van der Waals surface area contributed by atoms with E-state index in [0.29, 0.717) is 6.07 Å². The second-order valence-electron chi connectivity index (χ2n) is 5.72. The summed E-state index contributed by atoms with van der Waals surface area (Å²) in [6.45, 7) is -0.0720. The van der Waals surface area contributed by atoms with E-state index in [1.54, 1.807) is 24.1 Å². The first kappa shape index (κ1) is 18.7. The number of halogens is 4. The molecule has 0 aliphatic carbocycles. The Morgan fingerprint density at radius 2 is 2.04 bits per heavy atom. The van der Waals surface area contributed by atoms with Crippen molar-refractivity contribution >= 4 is 5.91 Å². The van der Waals surface area contributed by atoms with E-state index in [9.17, 15) is 22.4 Å². The van der Waals surface area contributed by atoms with E-state index in [4.69, 9.17) is 4.42 Å². The van der Waals surface area contributed by atoms with Crippen molar-refractivity contribution in [2.75, 3.05) is 0 Å². The molecular weight excluding hydrogens is 370 g/mol. The van der Waals surface area contributed by atoms with Gasteiger partial charge >= 0.3 is 0 Å². The first-order chi connectivity index (χ1) is 12.8. The molecule has 3 aromatic rings. The fourth-order valence-corrected chi connectivity index (χ4v) is 2.43. The van der Waals surface area contributed by atoms with Gasteiger partial charge in [0.15, 0.2) is 5.76 Å². The van der Waals surface area contributed by atoms with E-state index >= 15 is 0 Å². The van der Waals surface area contributed by atoms with Crippen LogP contribution in [0.4, 0.5) is 17.6 Å². The summed E-state index contributed by atoms with van der Waals surface area (Å²) in [7, 11) is 1.74. The normalized spacial score (nSPS) is 11.5. The van der Waals surface area contributed by atoms with Crippen molar-refractivity contribution in [3.8, 4) is 0 Å². The molecule has 7 nitrogen and oxygen atoms in total. The van der Waals surface area contributed by atoms with Crippen LogP contribution < -0.4 is 5.32 Å². The molecule has 0 spiro atoms. The van der Waals surface area contributed by atoms with Gasteiger partial charge in [-0.05, 0) is 18.2 Å². The number of aryl methyl sites for hydroxylation is 1. The minimum absolute atomic E-state index is 0.0336. The van der Waals surface area contributed by atoms with Crippen molar-refractivity contribution in [3.05, 3.63) is 59.1 Å². The first-order valence-corrected chi connectivity index (χ1v) is 7.82. The molecule has 11 heteroatoms. The topological polar surface area (TPSA) is 77.9 Å². The first-order valence-electron chi connectivity index (χ1n) is 7.82. The summed E-state index contributed by atoms with van der Waals surface area (Å²) in [6.07, 6.45) is -2.60. The maximum atomic E-state index is 13.0. The molecule has 0 radical (unpaired) electrons. The van der Waals surface area contributed by atoms with E-state index < -0.39 is 30.1 Å². The predicted molar refractivity (Wildman–Crippen MR) is 84.3 cm³/mol. The lowest BCUT2D eigenvalue weighted by atomic mass is 10.3. The molecule has 144 valence electrons. The Hall–Kier alpha value is -3.11. The Balaban J connectivity index is 1.68. The Morgan fingerprint density at radius 3 is 2.67 bits per heavy atom. The predicted octanol–water partition coefficient (Wildman–Crippen LogP) is 3.06. The standard InChI is InChI=1S/C16H15F4N5O2/c1-24-7-9(6-22-24)5-21-16(26)13-3-2-10(27-13)8-25-12(15(19)20)4-11(23-25)14(17)18/h2-4,6-7,14-15H,5,8H2,1H3,(H,21,26). The Morgan fingerprint density at radius 1 is 1.26 bits per heavy atom. The van der Waals surface area contributed by atoms with Crippen molar-refractivity contribution in [1.29, 1.82) is 0 Å². The van der Waals surface area contributed by atoms with Gasteiger partial charge in [0.2, 0.25) is 0 Å². The third-order valence-electron chi connectivity index (χ3n) is 3.68. The summed E-state index contributed by atoms with van der Waals surface area (Å²) >= 11 is 0. The summed E-state index contributed by atoms with van der Waals surface area (Å²) in [5.41, 5.74) is -0.606. The Bertz CT molecular complexity index is 931. The lowest BCUT2D eigenvalue weighted by Gasteiger charge is -2.04. The van der Waals surface area contributed by atoms with Gasteiger partial charge in [-0.3, -0.25) is 14.2 Å². The number of furan rings is 1. The smallest absolute Gasteiger partial charge is 0.287 e. The molecule has 3 aromatic heterocycles. The van der Waals surface area contributed by atoms with Crippen LogP contribution >= 0.6 is 0 Å². The zero-order valence-corrected chi connectivity index (χ0v) is 14.1. The maximum Gasteiger partial charge on any atom is 0.287 e. The van der Waals surface area contributed by atoms with Crippen LogP contribution in [0.5, 0.6) is 0 Å². The van der Waals surface area contributed by atoms with Crippen LogP contribution in [0.3, 0.4) is 0 Å². The lowest BCUT2D eigenvalue weighted by molar-refractivity contribution is 0.0920. The number of carbonyl (C=O) groups excluding carboxylic acids is 1. The monoisotopic (exact) mass is 385 g/mol. The van der Waals surface area contributed by atoms with Crippen molar-refractivity contribution < 1.29 is 26.8 Å². The number of hydrogen-bond acceptors (Lipinski definition) is 4. The summed E-state index contributed by atoms with van der Waals surface area (Å²) in [5, 5.41) is 10.1. The fraction of sp³-hybridized carbons (Fsp3) is 0.312. The van der Waals surface area contributed by atoms with Gasteiger partial charge in [0.25, 0.3) is 18.8 Å². The molecule has 0 aliphatic heterocycles. The van der Waals surface area contributed by atoms with Gasteiger partial charge in [0, 0.05) is 25.4 Å². The average Bonchev–Trinajstić information content (AvgIpc) is 3.32. The molecule has 1 amide bonds. The summed E-state index contributed by atoms with van der Waals surface area (Å²) in [5.74, 6) is -0.408. The van der Waals surface area contributed by atoms with Crippen LogP contribution in [0, 0.1) is 0 Å². The number of amides is 1. The quantitative estimate of drug-likeness (QED) is 0.634. The largest absolute Gasteiger partial charge is 0.454 e. The molecule has 1 N–H and O–H groups in total. The molecule has 0 atom stereocenters. The fourth-order valence-electron chi connectivity index (χ4n) is 2.43. The van der Waals surface area contributed by atoms with Gasteiger partial charge in [-0.15, -0.1) is 0 Å². The molecule has 0 saturated heterocycles. The van der Waals surface area contributed by atoms with Crippen molar-refractivity contribution in [3.63, 3.8) is 0 Å². The third-order valence-corrected chi connectivity index (χ3v) is 3.68. The molecule has 0 bridgehead atoms. The number of hydrogen-bond donors (Lipinski definition) is 1. The summed E-state index contributed by atoms with van der Waals surface area (Å²) in [6, 6.07) is 3.42. The third kappa shape index (κ3) is 4.36. The maximum absolute atomic E-state index is 13.0. The molecular formula is C16H15F4N5O2. The summed E-state index contributed by atoms with van der Waals surface area (Å²) in [4.78, 5) is 12.1. The SMILES string of the molecule is Cn1cc(CNC(=O)c2ccc(Cn3nc(C(F)F)cc3C(F)F)o2)cn1. The van der Waals surface area contributed by atoms with E-state index in [-0.39, 0.29) is 24.6 Å². The van der Waals surface area contributed by atoms with Gasteiger partial charge in [0.05, 0.1) is 12.7 Å². The highest BCUT2D eigenvalue weighted by Gasteiger charge is 2.22. The van der Waals surface area contributed by atoms with E-state index in [1.807, 2.05) is 0 Å². The second-order valence-corrected chi connectivity index (χ2v) is 5.72. The molecule has 3 heterocycles. The highest BCUT2D eigenvalue weighted by molar-refractivity contribution is 5.91. The van der Waals surface area contributed by atoms with Gasteiger partial charge in [-0.25, -0.2) is 17.6 Å². The highest BCUT2D eigenvalue weighted by atomic mass is 19.3. The van der Waals surface area contributed by atoms with Crippen molar-refractivity contribution in [1.82, 2.24) is 24.9 Å². The van der Waals surface area contributed by atoms with Gasteiger partial charge in [-0.1, -0.05) is 0 Å². The number of aromatic nitrogens is 4. The minimum Gasteiger partial charge on any atom is -0.454 e. The lowest BCUT2D eigenvalue weighted by Crippen LogP contribution is -2.22. The molecule has 0 aliphatic rings. The molecule has 0 aromatic carbocycles. The Labute approximate surface area is 150 Å². The zero-order valence-electron chi connectivity index (χ0n) is 14.1. The molecule has 3 rings (SSSR count). The Kier molecular flexibility index (Phi) is 5.28. The van der Waals surface area contributed by atoms with Gasteiger partial charge in [-0.2, -0.15) is 10.2 Å². The minimum atomic E-state index is -2.97. The number of nitrogens with zero attached hydrogens (tertiary/aromatic N) is 4. The van der Waals surface area contributed by atoms with Crippen LogP contribution in [-0.4, -0.2) is 25.5 Å². The van der Waals surface area contributed by atoms with Gasteiger partial charge < -0.3 is 9.73 Å². The number of carbonyl (C=O) groups is 1. The number of rotatable bonds is 7. The summed E-state index contributed by atoms with van der Waals surface area (Å²) < 4.78 is 59.0. The number of nitrogens with one attached hydrogen (secondary N) is 1. The zero-order chi connectivity index (χ0) is 19.6. The molecule has 0 unspecified atom stereocenters. The average molecular weight is 385 g/mol. The van der Waals surface area contributed by atoms with E-state index in [1.165, 1.54) is 12.1 Å². The second kappa shape index (κ2) is 7.64. The van der Waals surface area contributed by atoms with Crippen molar-refractivity contribution in [2.45, 2.75) is 25.9 Å². The van der Waals surface area contributed by atoms with Crippen LogP contribution in [0.25, 0.3) is 0 Å². The van der Waals surface area contributed by atoms with Crippen LogP contribution in [-0.2, 0) is 20.1 Å². The van der Waals surface area contributed by atoms with Gasteiger partial charge in [0.1, 0.15) is 17.1 Å². The van der Waals surface area contributed by atoms with E-state index in [2.05, 4.69) is 15.5 Å². The van der Waals surface area contributed by atoms with E-state index in [0.717, 1.165) is 10.2 Å². The van der Waals surface area contributed by atoms with Crippen LogP contribution in [0.1, 0.15) is 46.1 Å².